The molecule has 0 amide bonds. The number of aliphatic carboxylic acids is 2. The van der Waals surface area contributed by atoms with Gasteiger partial charge in [-0.25, -0.2) is 9.59 Å². The fraction of sp³-hybridized carbons (Fsp3) is 0.250. The van der Waals surface area contributed by atoms with E-state index < -0.39 is 18.0 Å². The molecule has 5 heteroatoms. The number of carbonyl (C=O) groups is 2. The summed E-state index contributed by atoms with van der Waals surface area (Å²) in [5.41, 5.74) is -0.127. The van der Waals surface area contributed by atoms with E-state index in [1.54, 1.807) is 0 Å². The van der Waals surface area contributed by atoms with Crippen LogP contribution in [0.15, 0.2) is 23.9 Å². The molecular formula is C8H9NO4. The summed E-state index contributed by atoms with van der Waals surface area (Å²) < 4.78 is 0. The van der Waals surface area contributed by atoms with E-state index in [1.165, 1.54) is 30.3 Å². The monoisotopic (exact) mass is 183 g/mol. The van der Waals surface area contributed by atoms with Crippen LogP contribution in [0, 0.1) is 0 Å². The minimum absolute atomic E-state index is 0.127. The third kappa shape index (κ3) is 1.69. The van der Waals surface area contributed by atoms with Crippen molar-refractivity contribution in [3.63, 3.8) is 0 Å². The van der Waals surface area contributed by atoms with Crippen LogP contribution in [-0.4, -0.2) is 40.1 Å². The molecule has 70 valence electrons. The highest BCUT2D eigenvalue weighted by Crippen LogP contribution is 2.15. The molecule has 0 saturated heterocycles. The van der Waals surface area contributed by atoms with Crippen LogP contribution < -0.4 is 0 Å². The zero-order valence-electron chi connectivity index (χ0n) is 6.97. The molecule has 13 heavy (non-hydrogen) atoms. The minimum Gasteiger partial charge on any atom is -0.479 e. The maximum Gasteiger partial charge on any atom is 0.334 e. The van der Waals surface area contributed by atoms with Crippen LogP contribution in [-0.2, 0) is 9.59 Å². The Morgan fingerprint density at radius 2 is 2.08 bits per heavy atom. The molecule has 1 heterocycles. The van der Waals surface area contributed by atoms with Crippen molar-refractivity contribution < 1.29 is 19.8 Å². The number of likely N-dealkylation sites (N-methyl/N-ethyl adjacent to an activating group) is 1. The fourth-order valence-electron chi connectivity index (χ4n) is 1.17. The Balaban J connectivity index is 3.02. The van der Waals surface area contributed by atoms with Gasteiger partial charge in [-0.05, 0) is 18.4 Å². The predicted octanol–water partition coefficient (Wildman–Crippen LogP) is -0.0903. The molecule has 0 aromatic rings. The van der Waals surface area contributed by atoms with E-state index in [9.17, 15) is 9.59 Å². The average Bonchev–Trinajstić information content (AvgIpc) is 2.02. The van der Waals surface area contributed by atoms with Crippen LogP contribution in [0.4, 0.5) is 0 Å². The van der Waals surface area contributed by atoms with Gasteiger partial charge in [-0.3, -0.25) is 0 Å². The molecule has 1 aliphatic heterocycles. The number of hydrogen-bond acceptors (Lipinski definition) is 3. The van der Waals surface area contributed by atoms with Crippen LogP contribution in [0.3, 0.4) is 0 Å². The Morgan fingerprint density at radius 3 is 2.46 bits per heavy atom. The van der Waals surface area contributed by atoms with Gasteiger partial charge in [0.05, 0.1) is 5.57 Å². The molecule has 1 unspecified atom stereocenters. The highest BCUT2D eigenvalue weighted by Gasteiger charge is 2.30. The first-order valence-electron chi connectivity index (χ1n) is 3.60. The third-order valence-corrected chi connectivity index (χ3v) is 1.78. The lowest BCUT2D eigenvalue weighted by Crippen LogP contribution is -2.40. The summed E-state index contributed by atoms with van der Waals surface area (Å²) in [4.78, 5) is 22.7. The second-order valence-corrected chi connectivity index (χ2v) is 2.67. The van der Waals surface area contributed by atoms with Crippen molar-refractivity contribution in [1.29, 1.82) is 0 Å². The van der Waals surface area contributed by atoms with Gasteiger partial charge in [-0.2, -0.15) is 0 Å². The van der Waals surface area contributed by atoms with Gasteiger partial charge in [0.15, 0.2) is 6.04 Å². The van der Waals surface area contributed by atoms with Crippen molar-refractivity contribution >= 4 is 11.9 Å². The average molecular weight is 183 g/mol. The van der Waals surface area contributed by atoms with Crippen LogP contribution in [0.25, 0.3) is 0 Å². The molecule has 0 aromatic heterocycles. The Hall–Kier alpha value is -1.78. The van der Waals surface area contributed by atoms with Gasteiger partial charge in [0.2, 0.25) is 0 Å². The summed E-state index contributed by atoms with van der Waals surface area (Å²) in [5, 5.41) is 17.4. The van der Waals surface area contributed by atoms with E-state index in [0.29, 0.717) is 0 Å². The number of hydrogen-bond donors (Lipinski definition) is 2. The molecule has 2 N–H and O–H groups in total. The molecular weight excluding hydrogens is 174 g/mol. The largest absolute Gasteiger partial charge is 0.479 e. The lowest BCUT2D eigenvalue weighted by molar-refractivity contribution is -0.144. The van der Waals surface area contributed by atoms with Gasteiger partial charge in [0, 0.05) is 7.05 Å². The summed E-state index contributed by atoms with van der Waals surface area (Å²) in [6.07, 6.45) is 4.31. The Bertz CT molecular complexity index is 305. The molecule has 0 spiro atoms. The van der Waals surface area contributed by atoms with Crippen molar-refractivity contribution in [3.8, 4) is 0 Å². The van der Waals surface area contributed by atoms with Crippen LogP contribution in [0.5, 0.6) is 0 Å². The van der Waals surface area contributed by atoms with Gasteiger partial charge < -0.3 is 15.1 Å². The van der Waals surface area contributed by atoms with E-state index in [-0.39, 0.29) is 5.57 Å². The minimum atomic E-state index is -1.20. The third-order valence-electron chi connectivity index (χ3n) is 1.78. The second-order valence-electron chi connectivity index (χ2n) is 2.67. The first-order valence-corrected chi connectivity index (χ1v) is 3.60. The fourth-order valence-corrected chi connectivity index (χ4v) is 1.17. The summed E-state index contributed by atoms with van der Waals surface area (Å²) in [6.45, 7) is 0. The van der Waals surface area contributed by atoms with Crippen LogP contribution in [0.2, 0.25) is 0 Å². The highest BCUT2D eigenvalue weighted by molar-refractivity contribution is 5.96. The lowest BCUT2D eigenvalue weighted by atomic mass is 10.0. The molecule has 0 fully saturated rings. The van der Waals surface area contributed by atoms with E-state index in [1.807, 2.05) is 0 Å². The van der Waals surface area contributed by atoms with Gasteiger partial charge in [-0.15, -0.1) is 0 Å². The Morgan fingerprint density at radius 1 is 1.46 bits per heavy atom. The predicted molar refractivity (Wildman–Crippen MR) is 44.0 cm³/mol. The first-order chi connectivity index (χ1) is 6.04. The lowest BCUT2D eigenvalue weighted by Gasteiger charge is -2.25. The smallest absolute Gasteiger partial charge is 0.334 e. The number of carboxylic acid groups (broad SMARTS) is 2. The molecule has 0 aliphatic carbocycles. The molecule has 0 saturated carbocycles. The van der Waals surface area contributed by atoms with E-state index in [2.05, 4.69) is 0 Å². The molecule has 0 bridgehead atoms. The van der Waals surface area contributed by atoms with Gasteiger partial charge >= 0.3 is 11.9 Å². The van der Waals surface area contributed by atoms with Gasteiger partial charge in [0.25, 0.3) is 0 Å². The van der Waals surface area contributed by atoms with Crippen LogP contribution >= 0.6 is 0 Å². The number of allylic oxidation sites excluding steroid dienone is 2. The summed E-state index contributed by atoms with van der Waals surface area (Å²) in [7, 11) is 1.52. The quantitative estimate of drug-likeness (QED) is 0.625. The van der Waals surface area contributed by atoms with E-state index >= 15 is 0 Å². The molecule has 5 nitrogen and oxygen atoms in total. The number of carboxylic acids is 2. The summed E-state index contributed by atoms with van der Waals surface area (Å²) in [5.74, 6) is -2.37. The standard InChI is InChI=1S/C8H9NO4/c1-9-4-2-3-5(7(10)11)6(9)8(12)13/h2-4,6H,1H3,(H,10,11)(H,12,13). The maximum absolute atomic E-state index is 10.7. The van der Waals surface area contributed by atoms with E-state index in [0.717, 1.165) is 0 Å². The van der Waals surface area contributed by atoms with Crippen molar-refractivity contribution in [2.45, 2.75) is 6.04 Å². The summed E-state index contributed by atoms with van der Waals surface area (Å²) in [6, 6.07) is -1.09. The summed E-state index contributed by atoms with van der Waals surface area (Å²) >= 11 is 0. The van der Waals surface area contributed by atoms with Crippen molar-refractivity contribution in [2.24, 2.45) is 0 Å². The molecule has 1 rings (SSSR count). The molecule has 0 aromatic carbocycles. The zero-order chi connectivity index (χ0) is 10.0. The SMILES string of the molecule is CN1C=CC=C(C(=O)O)C1C(=O)O. The normalized spacial score (nSPS) is 21.2. The molecule has 1 atom stereocenters. The number of nitrogens with zero attached hydrogens (tertiary/aromatic N) is 1. The van der Waals surface area contributed by atoms with Crippen molar-refractivity contribution in [1.82, 2.24) is 4.90 Å². The van der Waals surface area contributed by atoms with Crippen molar-refractivity contribution in [3.05, 3.63) is 23.9 Å². The number of rotatable bonds is 2. The zero-order valence-corrected chi connectivity index (χ0v) is 6.97. The maximum atomic E-state index is 10.7. The second kappa shape index (κ2) is 3.30. The Labute approximate surface area is 74.6 Å². The Kier molecular flexibility index (Phi) is 2.36. The van der Waals surface area contributed by atoms with Crippen LogP contribution in [0.1, 0.15) is 0 Å². The molecule has 0 radical (unpaired) electrons. The van der Waals surface area contributed by atoms with E-state index in [4.69, 9.17) is 10.2 Å². The van der Waals surface area contributed by atoms with Gasteiger partial charge in [-0.1, -0.05) is 0 Å². The first kappa shape index (κ1) is 9.31. The molecule has 1 aliphatic rings. The topological polar surface area (TPSA) is 77.8 Å². The highest BCUT2D eigenvalue weighted by atomic mass is 16.4. The van der Waals surface area contributed by atoms with Gasteiger partial charge in [0.1, 0.15) is 0 Å². The van der Waals surface area contributed by atoms with Crippen molar-refractivity contribution in [2.75, 3.05) is 7.05 Å².